The summed E-state index contributed by atoms with van der Waals surface area (Å²) in [5, 5.41) is 2.97. The van der Waals surface area contributed by atoms with Crippen molar-refractivity contribution in [3.05, 3.63) is 53.1 Å². The van der Waals surface area contributed by atoms with Crippen LogP contribution < -0.4 is 5.32 Å². The van der Waals surface area contributed by atoms with Crippen LogP contribution >= 0.6 is 0 Å². The number of nitrogens with one attached hydrogen (secondary N) is 2. The smallest absolute Gasteiger partial charge is 0.221 e. The summed E-state index contributed by atoms with van der Waals surface area (Å²) in [7, 11) is 0. The van der Waals surface area contributed by atoms with Gasteiger partial charge in [-0.3, -0.25) is 4.79 Å². The highest BCUT2D eigenvalue weighted by Crippen LogP contribution is 2.28. The summed E-state index contributed by atoms with van der Waals surface area (Å²) in [6, 6.07) is 3.38. The molecule has 1 aliphatic rings. The summed E-state index contributed by atoms with van der Waals surface area (Å²) in [4.78, 5) is 19.8. The molecule has 2 N–H and O–H groups in total. The molecule has 1 aliphatic heterocycles. The van der Waals surface area contributed by atoms with Gasteiger partial charge in [0.05, 0.1) is 6.61 Å². The van der Waals surface area contributed by atoms with Crippen LogP contribution in [0.25, 0.3) is 0 Å². The van der Waals surface area contributed by atoms with Crippen molar-refractivity contribution in [1.82, 2.24) is 15.3 Å². The summed E-state index contributed by atoms with van der Waals surface area (Å²) in [5.74, 6) is -0.823. The predicted molar refractivity (Wildman–Crippen MR) is 83.3 cm³/mol. The standard InChI is InChI=1S/C17H19F2N3O2/c1-11-9-20-16(21-11)17(6-7-24-10-17)22-15(23)5-3-12-2-4-13(18)8-14(12)19/h2,4,8-9H,3,5-7,10H2,1H3,(H,20,21)(H,22,23). The van der Waals surface area contributed by atoms with Gasteiger partial charge in [-0.2, -0.15) is 0 Å². The van der Waals surface area contributed by atoms with Gasteiger partial charge < -0.3 is 15.0 Å². The molecule has 1 saturated heterocycles. The summed E-state index contributed by atoms with van der Waals surface area (Å²) in [5.41, 5.74) is 0.545. The molecule has 0 spiro atoms. The Balaban J connectivity index is 1.66. The van der Waals surface area contributed by atoms with Gasteiger partial charge in [0.25, 0.3) is 0 Å². The Hall–Kier alpha value is -2.28. The summed E-state index contributed by atoms with van der Waals surface area (Å²) < 4.78 is 32.0. The molecule has 5 nitrogen and oxygen atoms in total. The number of aromatic amines is 1. The zero-order valence-corrected chi connectivity index (χ0v) is 13.4. The van der Waals surface area contributed by atoms with Crippen LogP contribution in [0.4, 0.5) is 8.78 Å². The number of benzene rings is 1. The molecule has 1 unspecified atom stereocenters. The second kappa shape index (κ2) is 6.68. The Labute approximate surface area is 138 Å². The lowest BCUT2D eigenvalue weighted by atomic mass is 9.97. The Bertz CT molecular complexity index is 739. The SMILES string of the molecule is Cc1cnc(C2(NC(=O)CCc3ccc(F)cc3F)CCOC2)[nH]1. The fourth-order valence-corrected chi connectivity index (χ4v) is 2.87. The molecule has 0 aliphatic carbocycles. The quantitative estimate of drug-likeness (QED) is 0.881. The first-order chi connectivity index (χ1) is 11.5. The highest BCUT2D eigenvalue weighted by molar-refractivity contribution is 5.77. The molecular weight excluding hydrogens is 316 g/mol. The highest BCUT2D eigenvalue weighted by Gasteiger charge is 2.40. The van der Waals surface area contributed by atoms with Gasteiger partial charge in [0, 0.05) is 37.4 Å². The van der Waals surface area contributed by atoms with E-state index in [1.54, 1.807) is 6.20 Å². The molecule has 2 aromatic rings. The zero-order chi connectivity index (χ0) is 17.2. The lowest BCUT2D eigenvalue weighted by molar-refractivity contribution is -0.123. The van der Waals surface area contributed by atoms with E-state index in [4.69, 9.17) is 4.74 Å². The Morgan fingerprint density at radius 3 is 2.92 bits per heavy atom. The van der Waals surface area contributed by atoms with E-state index >= 15 is 0 Å². The molecular formula is C17H19F2N3O2. The first-order valence-electron chi connectivity index (χ1n) is 7.83. The van der Waals surface area contributed by atoms with Crippen molar-refractivity contribution >= 4 is 5.91 Å². The topological polar surface area (TPSA) is 67.0 Å². The molecule has 1 fully saturated rings. The first kappa shape index (κ1) is 16.6. The number of carbonyl (C=O) groups excluding carboxylic acids is 1. The number of hydrogen-bond donors (Lipinski definition) is 2. The zero-order valence-electron chi connectivity index (χ0n) is 13.4. The van der Waals surface area contributed by atoms with Gasteiger partial charge in [-0.1, -0.05) is 6.07 Å². The highest BCUT2D eigenvalue weighted by atomic mass is 19.1. The third-order valence-corrected chi connectivity index (χ3v) is 4.19. The second-order valence-corrected chi connectivity index (χ2v) is 6.08. The van der Waals surface area contributed by atoms with Gasteiger partial charge in [-0.15, -0.1) is 0 Å². The first-order valence-corrected chi connectivity index (χ1v) is 7.83. The molecule has 1 atom stereocenters. The van der Waals surface area contributed by atoms with Gasteiger partial charge in [-0.05, 0) is 25.0 Å². The van der Waals surface area contributed by atoms with Crippen molar-refractivity contribution in [2.45, 2.75) is 31.7 Å². The Morgan fingerprint density at radius 1 is 1.46 bits per heavy atom. The minimum absolute atomic E-state index is 0.101. The van der Waals surface area contributed by atoms with Gasteiger partial charge >= 0.3 is 0 Å². The number of aryl methyl sites for hydroxylation is 2. The lowest BCUT2D eigenvalue weighted by Gasteiger charge is -2.26. The van der Waals surface area contributed by atoms with Crippen LogP contribution in [0.3, 0.4) is 0 Å². The van der Waals surface area contributed by atoms with Gasteiger partial charge in [0.15, 0.2) is 0 Å². The van der Waals surface area contributed by atoms with Gasteiger partial charge in [-0.25, -0.2) is 13.8 Å². The predicted octanol–water partition coefficient (Wildman–Crippen LogP) is 2.36. The van der Waals surface area contributed by atoms with Crippen molar-refractivity contribution < 1.29 is 18.3 Å². The van der Waals surface area contributed by atoms with E-state index in [1.807, 2.05) is 6.92 Å². The number of carbonyl (C=O) groups is 1. The van der Waals surface area contributed by atoms with E-state index in [0.717, 1.165) is 11.8 Å². The molecule has 0 saturated carbocycles. The minimum Gasteiger partial charge on any atom is -0.378 e. The fraction of sp³-hybridized carbons (Fsp3) is 0.412. The number of imidazole rings is 1. The Morgan fingerprint density at radius 2 is 2.29 bits per heavy atom. The van der Waals surface area contributed by atoms with E-state index in [9.17, 15) is 13.6 Å². The molecule has 0 bridgehead atoms. The Kier molecular flexibility index (Phi) is 4.62. The second-order valence-electron chi connectivity index (χ2n) is 6.08. The summed E-state index contributed by atoms with van der Waals surface area (Å²) in [6.45, 7) is 2.77. The third-order valence-electron chi connectivity index (χ3n) is 4.19. The average Bonchev–Trinajstić information content (AvgIpc) is 3.16. The normalized spacial score (nSPS) is 20.3. The number of aromatic nitrogens is 2. The molecule has 2 heterocycles. The number of halogens is 2. The monoisotopic (exact) mass is 335 g/mol. The van der Waals surface area contributed by atoms with E-state index in [-0.39, 0.29) is 18.7 Å². The maximum atomic E-state index is 13.6. The van der Waals surface area contributed by atoms with E-state index in [1.165, 1.54) is 12.1 Å². The van der Waals surface area contributed by atoms with Crippen LogP contribution in [0.2, 0.25) is 0 Å². The molecule has 7 heteroatoms. The van der Waals surface area contributed by atoms with Crippen LogP contribution in [0.15, 0.2) is 24.4 Å². The van der Waals surface area contributed by atoms with Crippen LogP contribution in [-0.2, 0) is 21.5 Å². The van der Waals surface area contributed by atoms with Crippen LogP contribution in [0, 0.1) is 18.6 Å². The van der Waals surface area contributed by atoms with Crippen LogP contribution in [0.5, 0.6) is 0 Å². The molecule has 1 aromatic carbocycles. The summed E-state index contributed by atoms with van der Waals surface area (Å²) >= 11 is 0. The van der Waals surface area contributed by atoms with Gasteiger partial charge in [0.1, 0.15) is 23.0 Å². The molecule has 24 heavy (non-hydrogen) atoms. The number of hydrogen-bond acceptors (Lipinski definition) is 3. The number of nitrogens with zero attached hydrogens (tertiary/aromatic N) is 1. The molecule has 3 rings (SSSR count). The van der Waals surface area contributed by atoms with Crippen LogP contribution in [0.1, 0.15) is 29.9 Å². The molecule has 1 amide bonds. The average molecular weight is 335 g/mol. The minimum atomic E-state index is -0.674. The molecule has 128 valence electrons. The van der Waals surface area contributed by atoms with Crippen molar-refractivity contribution in [1.29, 1.82) is 0 Å². The number of H-pyrrole nitrogens is 1. The van der Waals surface area contributed by atoms with Crippen molar-refractivity contribution in [2.24, 2.45) is 0 Å². The van der Waals surface area contributed by atoms with E-state index in [0.29, 0.717) is 31.0 Å². The van der Waals surface area contributed by atoms with Crippen molar-refractivity contribution in [3.8, 4) is 0 Å². The maximum Gasteiger partial charge on any atom is 0.221 e. The fourth-order valence-electron chi connectivity index (χ4n) is 2.87. The number of ether oxygens (including phenoxy) is 1. The van der Waals surface area contributed by atoms with E-state index in [2.05, 4.69) is 15.3 Å². The van der Waals surface area contributed by atoms with Crippen LogP contribution in [-0.4, -0.2) is 29.1 Å². The van der Waals surface area contributed by atoms with Crippen molar-refractivity contribution in [2.75, 3.05) is 13.2 Å². The summed E-state index contributed by atoms with van der Waals surface area (Å²) in [6.07, 6.45) is 2.63. The molecule has 0 radical (unpaired) electrons. The molecule has 1 aromatic heterocycles. The number of amides is 1. The van der Waals surface area contributed by atoms with E-state index < -0.39 is 17.2 Å². The third kappa shape index (κ3) is 3.46. The lowest BCUT2D eigenvalue weighted by Crippen LogP contribution is -2.47. The maximum absolute atomic E-state index is 13.6. The largest absolute Gasteiger partial charge is 0.378 e. The number of rotatable bonds is 5. The van der Waals surface area contributed by atoms with Gasteiger partial charge in [0.2, 0.25) is 5.91 Å². The van der Waals surface area contributed by atoms with Crippen molar-refractivity contribution in [3.63, 3.8) is 0 Å².